The topological polar surface area (TPSA) is 61.4 Å². The molecule has 0 aromatic rings. The van der Waals surface area contributed by atoms with Crippen LogP contribution in [0.3, 0.4) is 0 Å². The van der Waals surface area contributed by atoms with Crippen LogP contribution in [0.1, 0.15) is 38.5 Å². The molecule has 1 saturated carbocycles. The van der Waals surface area contributed by atoms with Gasteiger partial charge in [0.1, 0.15) is 0 Å². The number of rotatable bonds is 5. The van der Waals surface area contributed by atoms with Crippen LogP contribution in [0, 0.1) is 5.92 Å². The molecule has 3 N–H and O–H groups in total. The predicted molar refractivity (Wildman–Crippen MR) is 62.0 cm³/mol. The van der Waals surface area contributed by atoms with E-state index in [1.54, 1.807) is 0 Å². The summed E-state index contributed by atoms with van der Waals surface area (Å²) in [7, 11) is 0. The van der Waals surface area contributed by atoms with Crippen LogP contribution < -0.4 is 10.6 Å². The van der Waals surface area contributed by atoms with Gasteiger partial charge in [-0.05, 0) is 51.1 Å². The van der Waals surface area contributed by atoms with Gasteiger partial charge in [-0.1, -0.05) is 0 Å². The van der Waals surface area contributed by atoms with Gasteiger partial charge >= 0.3 is 0 Å². The third-order valence-electron chi connectivity index (χ3n) is 3.84. The van der Waals surface area contributed by atoms with E-state index < -0.39 is 5.60 Å². The van der Waals surface area contributed by atoms with Crippen molar-refractivity contribution in [2.45, 2.75) is 44.1 Å². The summed E-state index contributed by atoms with van der Waals surface area (Å²) in [5.41, 5.74) is -0.593. The Kier molecular flexibility index (Phi) is 3.82. The van der Waals surface area contributed by atoms with Gasteiger partial charge in [-0.15, -0.1) is 0 Å². The Labute approximate surface area is 96.8 Å². The Morgan fingerprint density at radius 3 is 2.88 bits per heavy atom. The minimum absolute atomic E-state index is 0.0900. The van der Waals surface area contributed by atoms with Crippen molar-refractivity contribution in [1.29, 1.82) is 0 Å². The number of carbonyl (C=O) groups excluding carboxylic acids is 1. The fourth-order valence-electron chi connectivity index (χ4n) is 2.41. The molecule has 1 aliphatic heterocycles. The second kappa shape index (κ2) is 5.15. The Morgan fingerprint density at radius 1 is 1.50 bits per heavy atom. The zero-order valence-corrected chi connectivity index (χ0v) is 9.80. The zero-order valence-electron chi connectivity index (χ0n) is 9.80. The van der Waals surface area contributed by atoms with Gasteiger partial charge in [0.15, 0.2) is 0 Å². The van der Waals surface area contributed by atoms with Crippen LogP contribution in [0.5, 0.6) is 0 Å². The molecule has 4 nitrogen and oxygen atoms in total. The Balaban J connectivity index is 1.57. The lowest BCUT2D eigenvalue weighted by atomic mass is 9.80. The third kappa shape index (κ3) is 3.19. The molecule has 1 heterocycles. The maximum Gasteiger partial charge on any atom is 0.220 e. The predicted octanol–water partition coefficient (Wildman–Crippen LogP) is 0.407. The highest BCUT2D eigenvalue weighted by Crippen LogP contribution is 2.30. The van der Waals surface area contributed by atoms with Crippen molar-refractivity contribution < 1.29 is 9.90 Å². The van der Waals surface area contributed by atoms with Gasteiger partial charge in [0, 0.05) is 13.0 Å². The first-order valence-corrected chi connectivity index (χ1v) is 6.38. The van der Waals surface area contributed by atoms with E-state index in [2.05, 4.69) is 10.6 Å². The Bertz CT molecular complexity index is 245. The van der Waals surface area contributed by atoms with Crippen LogP contribution in [0.25, 0.3) is 0 Å². The summed E-state index contributed by atoms with van der Waals surface area (Å²) in [4.78, 5) is 11.5. The zero-order chi connectivity index (χ0) is 11.4. The molecule has 1 saturated heterocycles. The largest absolute Gasteiger partial charge is 0.388 e. The fraction of sp³-hybridized carbons (Fsp3) is 0.917. The molecule has 2 aliphatic rings. The molecule has 16 heavy (non-hydrogen) atoms. The van der Waals surface area contributed by atoms with E-state index in [4.69, 9.17) is 0 Å². The van der Waals surface area contributed by atoms with Gasteiger partial charge in [-0.3, -0.25) is 4.79 Å². The lowest BCUT2D eigenvalue weighted by Gasteiger charge is -2.36. The average molecular weight is 226 g/mol. The normalized spacial score (nSPS) is 27.4. The van der Waals surface area contributed by atoms with Crippen molar-refractivity contribution in [3.8, 4) is 0 Å². The summed E-state index contributed by atoms with van der Waals surface area (Å²) in [6.07, 6.45) is 5.51. The van der Waals surface area contributed by atoms with Gasteiger partial charge in [0.05, 0.1) is 5.60 Å². The van der Waals surface area contributed by atoms with Crippen LogP contribution in [0.2, 0.25) is 0 Å². The SMILES string of the molecule is O=C(CCC1CCNC1)NCC1(O)CCC1. The molecule has 0 spiro atoms. The van der Waals surface area contributed by atoms with E-state index in [-0.39, 0.29) is 5.91 Å². The molecule has 1 atom stereocenters. The summed E-state index contributed by atoms with van der Waals surface area (Å²) >= 11 is 0. The number of amides is 1. The number of carbonyl (C=O) groups is 1. The van der Waals surface area contributed by atoms with Crippen LogP contribution in [0.4, 0.5) is 0 Å². The van der Waals surface area contributed by atoms with E-state index in [1.165, 1.54) is 6.42 Å². The smallest absolute Gasteiger partial charge is 0.220 e. The first-order valence-electron chi connectivity index (χ1n) is 6.38. The minimum atomic E-state index is -0.593. The maximum atomic E-state index is 11.5. The summed E-state index contributed by atoms with van der Waals surface area (Å²) in [5.74, 6) is 0.754. The lowest BCUT2D eigenvalue weighted by molar-refractivity contribution is -0.123. The molecule has 1 aliphatic carbocycles. The van der Waals surface area contributed by atoms with Crippen molar-refractivity contribution in [1.82, 2.24) is 10.6 Å². The van der Waals surface area contributed by atoms with Gasteiger partial charge in [-0.2, -0.15) is 0 Å². The van der Waals surface area contributed by atoms with Crippen LogP contribution >= 0.6 is 0 Å². The molecule has 2 rings (SSSR count). The molecular formula is C12H22N2O2. The van der Waals surface area contributed by atoms with E-state index in [9.17, 15) is 9.90 Å². The Morgan fingerprint density at radius 2 is 2.31 bits per heavy atom. The standard InChI is InChI=1S/C12H22N2O2/c15-11(3-2-10-4-7-13-8-10)14-9-12(16)5-1-6-12/h10,13,16H,1-9H2,(H,14,15). The highest BCUT2D eigenvalue weighted by Gasteiger charge is 2.34. The van der Waals surface area contributed by atoms with Gasteiger partial charge in [-0.25, -0.2) is 0 Å². The van der Waals surface area contributed by atoms with Crippen LogP contribution in [-0.4, -0.2) is 36.2 Å². The molecule has 92 valence electrons. The summed E-state index contributed by atoms with van der Waals surface area (Å²) in [5, 5.41) is 16.0. The average Bonchev–Trinajstić information content (AvgIpc) is 2.73. The molecule has 1 unspecified atom stereocenters. The molecule has 0 aromatic heterocycles. The van der Waals surface area contributed by atoms with Crippen molar-refractivity contribution in [3.05, 3.63) is 0 Å². The van der Waals surface area contributed by atoms with E-state index >= 15 is 0 Å². The van der Waals surface area contributed by atoms with Gasteiger partial charge in [0.25, 0.3) is 0 Å². The minimum Gasteiger partial charge on any atom is -0.388 e. The second-order valence-corrected chi connectivity index (χ2v) is 5.25. The lowest BCUT2D eigenvalue weighted by Crippen LogP contribution is -2.47. The molecule has 0 radical (unpaired) electrons. The number of hydrogen-bond donors (Lipinski definition) is 3. The maximum absolute atomic E-state index is 11.5. The first-order chi connectivity index (χ1) is 7.68. The number of aliphatic hydroxyl groups is 1. The molecule has 0 aromatic carbocycles. The van der Waals surface area contributed by atoms with Crippen LogP contribution in [0.15, 0.2) is 0 Å². The molecule has 1 amide bonds. The van der Waals surface area contributed by atoms with Crippen molar-refractivity contribution >= 4 is 5.91 Å². The highest BCUT2D eigenvalue weighted by atomic mass is 16.3. The van der Waals surface area contributed by atoms with Crippen molar-refractivity contribution in [2.24, 2.45) is 5.92 Å². The summed E-state index contributed by atoms with van der Waals surface area (Å²) in [6, 6.07) is 0. The van der Waals surface area contributed by atoms with E-state index in [0.717, 1.165) is 38.8 Å². The quantitative estimate of drug-likeness (QED) is 0.636. The van der Waals surface area contributed by atoms with Gasteiger partial charge < -0.3 is 15.7 Å². The molecule has 2 fully saturated rings. The Hall–Kier alpha value is -0.610. The first kappa shape index (κ1) is 11.9. The monoisotopic (exact) mass is 226 g/mol. The highest BCUT2D eigenvalue weighted by molar-refractivity contribution is 5.75. The van der Waals surface area contributed by atoms with Crippen LogP contribution in [-0.2, 0) is 4.79 Å². The molecule has 4 heteroatoms. The fourth-order valence-corrected chi connectivity index (χ4v) is 2.41. The molecular weight excluding hydrogens is 204 g/mol. The number of nitrogens with one attached hydrogen (secondary N) is 2. The van der Waals surface area contributed by atoms with Crippen molar-refractivity contribution in [3.63, 3.8) is 0 Å². The van der Waals surface area contributed by atoms with Crippen molar-refractivity contribution in [2.75, 3.05) is 19.6 Å². The number of hydrogen-bond acceptors (Lipinski definition) is 3. The summed E-state index contributed by atoms with van der Waals surface area (Å²) in [6.45, 7) is 2.58. The van der Waals surface area contributed by atoms with Gasteiger partial charge in [0.2, 0.25) is 5.91 Å². The summed E-state index contributed by atoms with van der Waals surface area (Å²) < 4.78 is 0. The third-order valence-corrected chi connectivity index (χ3v) is 3.84. The van der Waals surface area contributed by atoms with E-state index in [0.29, 0.717) is 18.9 Å². The second-order valence-electron chi connectivity index (χ2n) is 5.25. The van der Waals surface area contributed by atoms with E-state index in [1.807, 2.05) is 0 Å². The molecule has 0 bridgehead atoms.